The van der Waals surface area contributed by atoms with Crippen molar-refractivity contribution in [2.24, 2.45) is 5.73 Å². The van der Waals surface area contributed by atoms with Crippen LogP contribution in [0.3, 0.4) is 0 Å². The van der Waals surface area contributed by atoms with E-state index in [9.17, 15) is 4.79 Å². The number of rotatable bonds is 3. The molecule has 0 aromatic carbocycles. The highest BCUT2D eigenvalue weighted by molar-refractivity contribution is 5.80. The van der Waals surface area contributed by atoms with Crippen molar-refractivity contribution in [1.29, 1.82) is 0 Å². The highest BCUT2D eigenvalue weighted by atomic mass is 16.7. The maximum absolute atomic E-state index is 10.8. The van der Waals surface area contributed by atoms with Crippen molar-refractivity contribution in [3.63, 3.8) is 0 Å². The average molecular weight is 148 g/mol. The monoisotopic (exact) mass is 148 g/mol. The van der Waals surface area contributed by atoms with E-state index in [1.165, 1.54) is 14.2 Å². The normalized spacial score (nSPS) is 12.8. The van der Waals surface area contributed by atoms with Crippen LogP contribution in [-0.4, -0.2) is 42.9 Å². The maximum Gasteiger partial charge on any atom is 0.265 e. The topological polar surface area (TPSA) is 75.8 Å². The fraction of sp³-hybridized carbons (Fsp3) is 0.800. The SMILES string of the molecule is CON(C)C(=O)[C@H](N)CO. The van der Waals surface area contributed by atoms with E-state index in [0.717, 1.165) is 5.06 Å². The summed E-state index contributed by atoms with van der Waals surface area (Å²) in [6, 6.07) is -0.884. The molecule has 0 aromatic heterocycles. The van der Waals surface area contributed by atoms with E-state index >= 15 is 0 Å². The smallest absolute Gasteiger partial charge is 0.265 e. The van der Waals surface area contributed by atoms with Crippen molar-refractivity contribution in [2.75, 3.05) is 20.8 Å². The molecule has 0 bridgehead atoms. The van der Waals surface area contributed by atoms with Gasteiger partial charge in [-0.25, -0.2) is 5.06 Å². The fourth-order valence-electron chi connectivity index (χ4n) is 0.402. The highest BCUT2D eigenvalue weighted by Gasteiger charge is 2.15. The lowest BCUT2D eigenvalue weighted by atomic mass is 10.3. The van der Waals surface area contributed by atoms with E-state index in [1.807, 2.05) is 0 Å². The van der Waals surface area contributed by atoms with Gasteiger partial charge in [-0.3, -0.25) is 9.63 Å². The van der Waals surface area contributed by atoms with E-state index < -0.39 is 11.9 Å². The van der Waals surface area contributed by atoms with Gasteiger partial charge in [0.15, 0.2) is 0 Å². The lowest BCUT2D eigenvalue weighted by molar-refractivity contribution is -0.170. The van der Waals surface area contributed by atoms with Gasteiger partial charge >= 0.3 is 0 Å². The predicted molar refractivity (Wildman–Crippen MR) is 34.8 cm³/mol. The van der Waals surface area contributed by atoms with Crippen molar-refractivity contribution < 1.29 is 14.7 Å². The second kappa shape index (κ2) is 4.21. The molecule has 0 saturated carbocycles. The zero-order valence-corrected chi connectivity index (χ0v) is 6.07. The highest BCUT2D eigenvalue weighted by Crippen LogP contribution is 1.87. The minimum Gasteiger partial charge on any atom is -0.394 e. The first-order valence-electron chi connectivity index (χ1n) is 2.81. The number of carbonyl (C=O) groups is 1. The number of amides is 1. The summed E-state index contributed by atoms with van der Waals surface area (Å²) in [6.45, 7) is -0.369. The van der Waals surface area contributed by atoms with Gasteiger partial charge in [0.25, 0.3) is 5.91 Å². The molecular formula is C5H12N2O3. The number of carbonyl (C=O) groups excluding carboxylic acids is 1. The number of hydrogen-bond donors (Lipinski definition) is 2. The largest absolute Gasteiger partial charge is 0.394 e. The predicted octanol–water partition coefficient (Wildman–Crippen LogP) is -1.67. The van der Waals surface area contributed by atoms with Gasteiger partial charge < -0.3 is 10.8 Å². The van der Waals surface area contributed by atoms with E-state index in [2.05, 4.69) is 4.84 Å². The molecule has 0 fully saturated rings. The van der Waals surface area contributed by atoms with Crippen molar-refractivity contribution in [1.82, 2.24) is 5.06 Å². The summed E-state index contributed by atoms with van der Waals surface area (Å²) in [7, 11) is 2.78. The van der Waals surface area contributed by atoms with Gasteiger partial charge in [-0.15, -0.1) is 0 Å². The van der Waals surface area contributed by atoms with Gasteiger partial charge in [-0.2, -0.15) is 0 Å². The summed E-state index contributed by atoms with van der Waals surface area (Å²) < 4.78 is 0. The van der Waals surface area contributed by atoms with Crippen molar-refractivity contribution >= 4 is 5.91 Å². The number of nitrogens with zero attached hydrogens (tertiary/aromatic N) is 1. The Labute approximate surface area is 59.3 Å². The van der Waals surface area contributed by atoms with Crippen LogP contribution >= 0.6 is 0 Å². The van der Waals surface area contributed by atoms with Crippen LogP contribution in [0.4, 0.5) is 0 Å². The summed E-state index contributed by atoms with van der Waals surface area (Å²) in [5, 5.41) is 9.39. The number of hydroxylamine groups is 2. The molecule has 0 aliphatic carbocycles. The average Bonchev–Trinajstić information content (AvgIpc) is 2.00. The molecule has 0 aliphatic rings. The van der Waals surface area contributed by atoms with E-state index in [1.54, 1.807) is 0 Å². The minimum absolute atomic E-state index is 0.369. The summed E-state index contributed by atoms with van der Waals surface area (Å²) in [5.74, 6) is -0.440. The van der Waals surface area contributed by atoms with Crippen LogP contribution in [0.5, 0.6) is 0 Å². The zero-order chi connectivity index (χ0) is 8.15. The Morgan fingerprint density at radius 1 is 1.90 bits per heavy atom. The summed E-state index contributed by atoms with van der Waals surface area (Å²) >= 11 is 0. The second-order valence-corrected chi connectivity index (χ2v) is 1.81. The van der Waals surface area contributed by atoms with Crippen LogP contribution in [0, 0.1) is 0 Å². The molecule has 0 spiro atoms. The standard InChI is InChI=1S/C5H12N2O3/c1-7(10-2)5(9)4(6)3-8/h4,8H,3,6H2,1-2H3/t4-/m1/s1. The van der Waals surface area contributed by atoms with Crippen LogP contribution in [0.2, 0.25) is 0 Å². The van der Waals surface area contributed by atoms with Gasteiger partial charge in [-0.05, 0) is 0 Å². The number of hydrogen-bond acceptors (Lipinski definition) is 4. The second-order valence-electron chi connectivity index (χ2n) is 1.81. The van der Waals surface area contributed by atoms with Crippen molar-refractivity contribution in [2.45, 2.75) is 6.04 Å². The van der Waals surface area contributed by atoms with Gasteiger partial charge in [0.05, 0.1) is 13.7 Å². The van der Waals surface area contributed by atoms with Crippen molar-refractivity contribution in [3.05, 3.63) is 0 Å². The molecule has 1 amide bonds. The summed E-state index contributed by atoms with van der Waals surface area (Å²) in [4.78, 5) is 15.3. The summed E-state index contributed by atoms with van der Waals surface area (Å²) in [5.41, 5.74) is 5.17. The lowest BCUT2D eigenvalue weighted by Gasteiger charge is -2.16. The molecule has 5 nitrogen and oxygen atoms in total. The fourth-order valence-corrected chi connectivity index (χ4v) is 0.402. The minimum atomic E-state index is -0.884. The van der Waals surface area contributed by atoms with Gasteiger partial charge in [0.2, 0.25) is 0 Å². The van der Waals surface area contributed by atoms with E-state index in [0.29, 0.717) is 0 Å². The molecule has 0 unspecified atom stereocenters. The Bertz CT molecular complexity index is 105. The molecule has 1 atom stereocenters. The molecule has 60 valence electrons. The molecule has 0 rings (SSSR count). The molecule has 5 heteroatoms. The van der Waals surface area contributed by atoms with Crippen LogP contribution in [0.25, 0.3) is 0 Å². The number of likely N-dealkylation sites (N-methyl/N-ethyl adjacent to an activating group) is 1. The van der Waals surface area contributed by atoms with Crippen LogP contribution in [-0.2, 0) is 9.63 Å². The Hall–Kier alpha value is -0.650. The third kappa shape index (κ3) is 2.30. The molecule has 10 heavy (non-hydrogen) atoms. The Balaban J connectivity index is 3.82. The van der Waals surface area contributed by atoms with Crippen LogP contribution in [0.15, 0.2) is 0 Å². The first kappa shape index (κ1) is 9.35. The molecule has 0 saturated heterocycles. The molecule has 3 N–H and O–H groups in total. The third-order valence-corrected chi connectivity index (χ3v) is 1.10. The Morgan fingerprint density at radius 2 is 2.40 bits per heavy atom. The Kier molecular flexibility index (Phi) is 3.94. The van der Waals surface area contributed by atoms with Gasteiger partial charge in [-0.1, -0.05) is 0 Å². The number of aliphatic hydroxyl groups excluding tert-OH is 1. The number of nitrogens with two attached hydrogens (primary N) is 1. The van der Waals surface area contributed by atoms with Crippen LogP contribution < -0.4 is 5.73 Å². The first-order chi connectivity index (χ1) is 4.63. The molecule has 0 radical (unpaired) electrons. The lowest BCUT2D eigenvalue weighted by Crippen LogP contribution is -2.43. The van der Waals surface area contributed by atoms with Gasteiger partial charge in [0.1, 0.15) is 6.04 Å². The Morgan fingerprint density at radius 3 is 2.70 bits per heavy atom. The zero-order valence-electron chi connectivity index (χ0n) is 6.07. The third-order valence-electron chi connectivity index (χ3n) is 1.10. The molecular weight excluding hydrogens is 136 g/mol. The quantitative estimate of drug-likeness (QED) is 0.469. The maximum atomic E-state index is 10.8. The first-order valence-corrected chi connectivity index (χ1v) is 2.81. The van der Waals surface area contributed by atoms with Gasteiger partial charge in [0, 0.05) is 7.05 Å². The molecule has 0 aromatic rings. The molecule has 0 heterocycles. The molecule has 0 aliphatic heterocycles. The van der Waals surface area contributed by atoms with E-state index in [-0.39, 0.29) is 6.61 Å². The number of aliphatic hydroxyl groups is 1. The van der Waals surface area contributed by atoms with Crippen molar-refractivity contribution in [3.8, 4) is 0 Å². The van der Waals surface area contributed by atoms with Crippen LogP contribution in [0.1, 0.15) is 0 Å². The van der Waals surface area contributed by atoms with E-state index in [4.69, 9.17) is 10.8 Å². The summed E-state index contributed by atoms with van der Waals surface area (Å²) in [6.07, 6.45) is 0.